The fourth-order valence-electron chi connectivity index (χ4n) is 2.27. The lowest BCUT2D eigenvalue weighted by atomic mass is 10.3. The second-order valence-electron chi connectivity index (χ2n) is 5.32. The molecule has 1 heterocycles. The van der Waals surface area contributed by atoms with Gasteiger partial charge in [0.15, 0.2) is 5.16 Å². The Morgan fingerprint density at radius 2 is 2.00 bits per heavy atom. The standard InChI is InChI=1S/C17H15Cl2N3OS/c1-10(16(23)20-14-9-11(18)7-8-12(14)19)24-17-21-13-5-3-4-6-15(13)22(17)2/h3-10H,1-2H3,(H,20,23)/t10-/m0/s1. The van der Waals surface area contributed by atoms with Crippen molar-refractivity contribution in [3.05, 3.63) is 52.5 Å². The number of aryl methyl sites for hydroxylation is 1. The van der Waals surface area contributed by atoms with Gasteiger partial charge in [0.25, 0.3) is 0 Å². The lowest BCUT2D eigenvalue weighted by Crippen LogP contribution is -2.23. The third-order valence-corrected chi connectivity index (χ3v) is 5.29. The van der Waals surface area contributed by atoms with Crippen molar-refractivity contribution in [3.63, 3.8) is 0 Å². The van der Waals surface area contributed by atoms with Crippen molar-refractivity contribution >= 4 is 57.6 Å². The minimum atomic E-state index is -0.337. The number of hydrogen-bond acceptors (Lipinski definition) is 3. The van der Waals surface area contributed by atoms with Gasteiger partial charge in [-0.1, -0.05) is 47.1 Å². The van der Waals surface area contributed by atoms with Crippen LogP contribution >= 0.6 is 35.0 Å². The molecule has 3 rings (SSSR count). The summed E-state index contributed by atoms with van der Waals surface area (Å²) in [5.74, 6) is -0.156. The van der Waals surface area contributed by atoms with E-state index in [9.17, 15) is 4.79 Å². The van der Waals surface area contributed by atoms with E-state index in [2.05, 4.69) is 10.3 Å². The summed E-state index contributed by atoms with van der Waals surface area (Å²) in [6.45, 7) is 1.83. The van der Waals surface area contributed by atoms with E-state index in [0.29, 0.717) is 15.7 Å². The molecule has 1 amide bonds. The highest BCUT2D eigenvalue weighted by Crippen LogP contribution is 2.29. The Balaban J connectivity index is 1.76. The maximum atomic E-state index is 12.4. The lowest BCUT2D eigenvalue weighted by Gasteiger charge is -2.13. The monoisotopic (exact) mass is 379 g/mol. The van der Waals surface area contributed by atoms with Gasteiger partial charge in [-0.3, -0.25) is 4.79 Å². The van der Waals surface area contributed by atoms with Crippen LogP contribution in [-0.4, -0.2) is 20.7 Å². The molecule has 1 atom stereocenters. The van der Waals surface area contributed by atoms with E-state index in [1.165, 1.54) is 11.8 Å². The molecule has 2 aromatic carbocycles. The molecular weight excluding hydrogens is 365 g/mol. The molecule has 0 aliphatic carbocycles. The van der Waals surface area contributed by atoms with Gasteiger partial charge in [-0.2, -0.15) is 0 Å². The SMILES string of the molecule is C[C@H](Sc1nc2ccccc2n1C)C(=O)Nc1cc(Cl)ccc1Cl. The van der Waals surface area contributed by atoms with Gasteiger partial charge in [0.2, 0.25) is 5.91 Å². The molecule has 0 unspecified atom stereocenters. The Bertz CT molecular complexity index is 910. The number of para-hydroxylation sites is 2. The van der Waals surface area contributed by atoms with Crippen molar-refractivity contribution in [1.82, 2.24) is 9.55 Å². The summed E-state index contributed by atoms with van der Waals surface area (Å²) in [7, 11) is 1.94. The van der Waals surface area contributed by atoms with Crippen LogP contribution in [0, 0.1) is 0 Å². The number of thioether (sulfide) groups is 1. The van der Waals surface area contributed by atoms with Crippen LogP contribution in [0.15, 0.2) is 47.6 Å². The third-order valence-electron chi connectivity index (χ3n) is 3.58. The van der Waals surface area contributed by atoms with Gasteiger partial charge in [-0.05, 0) is 37.3 Å². The highest BCUT2D eigenvalue weighted by atomic mass is 35.5. The van der Waals surface area contributed by atoms with Gasteiger partial charge in [0, 0.05) is 12.1 Å². The first kappa shape index (κ1) is 17.1. The molecule has 0 fully saturated rings. The molecule has 124 valence electrons. The second kappa shape index (κ2) is 7.05. The molecule has 0 saturated heterocycles. The Kier molecular flexibility index (Phi) is 5.04. The smallest absolute Gasteiger partial charge is 0.237 e. The summed E-state index contributed by atoms with van der Waals surface area (Å²) >= 11 is 13.4. The highest BCUT2D eigenvalue weighted by Gasteiger charge is 2.19. The molecule has 1 N–H and O–H groups in total. The molecule has 0 aliphatic rings. The van der Waals surface area contributed by atoms with Gasteiger partial charge in [0.1, 0.15) is 0 Å². The molecule has 4 nitrogen and oxygen atoms in total. The maximum Gasteiger partial charge on any atom is 0.237 e. The predicted molar refractivity (Wildman–Crippen MR) is 101 cm³/mol. The summed E-state index contributed by atoms with van der Waals surface area (Å²) in [5, 5.41) is 4.23. The number of amides is 1. The van der Waals surface area contributed by atoms with Crippen molar-refractivity contribution < 1.29 is 4.79 Å². The number of carbonyl (C=O) groups excluding carboxylic acids is 1. The normalized spacial score (nSPS) is 12.3. The topological polar surface area (TPSA) is 46.9 Å². The largest absolute Gasteiger partial charge is 0.324 e. The second-order valence-corrected chi connectivity index (χ2v) is 7.47. The minimum Gasteiger partial charge on any atom is -0.324 e. The number of imidazole rings is 1. The van der Waals surface area contributed by atoms with Crippen molar-refractivity contribution in [2.24, 2.45) is 7.05 Å². The van der Waals surface area contributed by atoms with Gasteiger partial charge < -0.3 is 9.88 Å². The minimum absolute atomic E-state index is 0.156. The summed E-state index contributed by atoms with van der Waals surface area (Å²) in [5.41, 5.74) is 2.45. The number of rotatable bonds is 4. The van der Waals surface area contributed by atoms with Crippen LogP contribution < -0.4 is 5.32 Å². The molecule has 0 spiro atoms. The van der Waals surface area contributed by atoms with Gasteiger partial charge in [0.05, 0.1) is 27.0 Å². The zero-order valence-corrected chi connectivity index (χ0v) is 15.4. The van der Waals surface area contributed by atoms with Crippen molar-refractivity contribution in [1.29, 1.82) is 0 Å². The molecule has 0 saturated carbocycles. The number of carbonyl (C=O) groups is 1. The summed E-state index contributed by atoms with van der Waals surface area (Å²) in [6.07, 6.45) is 0. The first-order chi connectivity index (χ1) is 11.5. The summed E-state index contributed by atoms with van der Waals surface area (Å²) in [4.78, 5) is 17.0. The third kappa shape index (κ3) is 3.53. The lowest BCUT2D eigenvalue weighted by molar-refractivity contribution is -0.115. The van der Waals surface area contributed by atoms with E-state index >= 15 is 0 Å². The fourth-order valence-corrected chi connectivity index (χ4v) is 3.49. The first-order valence-corrected chi connectivity index (χ1v) is 8.93. The molecule has 7 heteroatoms. The zero-order chi connectivity index (χ0) is 17.3. The zero-order valence-electron chi connectivity index (χ0n) is 13.1. The maximum absolute atomic E-state index is 12.4. The number of nitrogens with one attached hydrogen (secondary N) is 1. The first-order valence-electron chi connectivity index (χ1n) is 7.29. The Morgan fingerprint density at radius 3 is 2.75 bits per heavy atom. The fraction of sp³-hybridized carbons (Fsp3) is 0.176. The van der Waals surface area contributed by atoms with Gasteiger partial charge in [-0.25, -0.2) is 4.98 Å². The van der Waals surface area contributed by atoms with E-state index < -0.39 is 0 Å². The number of nitrogens with zero attached hydrogens (tertiary/aromatic N) is 2. The number of fused-ring (bicyclic) bond motifs is 1. The predicted octanol–water partition coefficient (Wildman–Crippen LogP) is 5.00. The van der Waals surface area contributed by atoms with E-state index in [1.54, 1.807) is 18.2 Å². The number of hydrogen-bond donors (Lipinski definition) is 1. The number of benzene rings is 2. The van der Waals surface area contributed by atoms with Crippen LogP contribution in [0.4, 0.5) is 5.69 Å². The molecule has 0 radical (unpaired) electrons. The van der Waals surface area contributed by atoms with E-state index in [4.69, 9.17) is 23.2 Å². The van der Waals surface area contributed by atoms with Gasteiger partial charge in [-0.15, -0.1) is 0 Å². The van der Waals surface area contributed by atoms with Crippen LogP contribution in [0.5, 0.6) is 0 Å². The van der Waals surface area contributed by atoms with Crippen LogP contribution in [0.25, 0.3) is 11.0 Å². The van der Waals surface area contributed by atoms with Crippen LogP contribution in [0.2, 0.25) is 10.0 Å². The average Bonchev–Trinajstić information content (AvgIpc) is 2.87. The highest BCUT2D eigenvalue weighted by molar-refractivity contribution is 8.00. The molecule has 1 aromatic heterocycles. The van der Waals surface area contributed by atoms with E-state index in [-0.39, 0.29) is 11.2 Å². The van der Waals surface area contributed by atoms with Crippen LogP contribution in [-0.2, 0) is 11.8 Å². The molecule has 3 aromatic rings. The van der Waals surface area contributed by atoms with Crippen molar-refractivity contribution in [2.45, 2.75) is 17.3 Å². The van der Waals surface area contributed by atoms with Crippen molar-refractivity contribution in [2.75, 3.05) is 5.32 Å². The molecule has 24 heavy (non-hydrogen) atoms. The Hall–Kier alpha value is -1.69. The van der Waals surface area contributed by atoms with Crippen LogP contribution in [0.3, 0.4) is 0 Å². The Morgan fingerprint density at radius 1 is 1.25 bits per heavy atom. The van der Waals surface area contributed by atoms with E-state index in [1.807, 2.05) is 42.8 Å². The van der Waals surface area contributed by atoms with Crippen LogP contribution in [0.1, 0.15) is 6.92 Å². The number of halogens is 2. The van der Waals surface area contributed by atoms with Gasteiger partial charge >= 0.3 is 0 Å². The summed E-state index contributed by atoms with van der Waals surface area (Å²) < 4.78 is 1.98. The van der Waals surface area contributed by atoms with Crippen molar-refractivity contribution in [3.8, 4) is 0 Å². The summed E-state index contributed by atoms with van der Waals surface area (Å²) in [6, 6.07) is 12.8. The van der Waals surface area contributed by atoms with E-state index in [0.717, 1.165) is 16.2 Å². The molecule has 0 aliphatic heterocycles. The number of aromatic nitrogens is 2. The quantitative estimate of drug-likeness (QED) is 0.648. The molecule has 0 bridgehead atoms. The Labute approximate surface area is 154 Å². The average molecular weight is 380 g/mol. The molecular formula is C17H15Cl2N3OS. The number of anilines is 1.